The molecule has 0 unspecified atom stereocenters. The molecular formula is C12H16N4O4. The number of benzene rings is 1. The van der Waals surface area contributed by atoms with Crippen LogP contribution in [-0.4, -0.2) is 16.1 Å². The van der Waals surface area contributed by atoms with Crippen molar-refractivity contribution < 1.29 is 9.85 Å². The molecule has 0 fully saturated rings. The van der Waals surface area contributed by atoms with E-state index in [1.54, 1.807) is 6.21 Å². The highest BCUT2D eigenvalue weighted by atomic mass is 16.6. The van der Waals surface area contributed by atoms with E-state index in [2.05, 4.69) is 10.5 Å². The van der Waals surface area contributed by atoms with E-state index in [1.807, 2.05) is 20.8 Å². The first-order valence-corrected chi connectivity index (χ1v) is 5.91. The van der Waals surface area contributed by atoms with Gasteiger partial charge in [0.15, 0.2) is 0 Å². The van der Waals surface area contributed by atoms with Crippen molar-refractivity contribution in [1.82, 2.24) is 0 Å². The van der Waals surface area contributed by atoms with E-state index in [1.165, 1.54) is 12.1 Å². The molecular weight excluding hydrogens is 264 g/mol. The molecule has 1 aromatic carbocycles. The standard InChI is InChI=1S/C12H16N4O4/c1-12(2,3)6-7-13-14-10-5-4-9(15(17)18)8-11(10)16(19)20/h4-5,7-8,14H,6H2,1-3H3/b13-7-. The summed E-state index contributed by atoms with van der Waals surface area (Å²) in [5.41, 5.74) is 2.00. The second-order valence-electron chi connectivity index (χ2n) is 5.40. The monoisotopic (exact) mass is 280 g/mol. The van der Waals surface area contributed by atoms with Crippen molar-refractivity contribution in [1.29, 1.82) is 0 Å². The Bertz CT molecular complexity index is 549. The molecule has 0 atom stereocenters. The second-order valence-corrected chi connectivity index (χ2v) is 5.40. The second kappa shape index (κ2) is 6.09. The molecule has 1 rings (SSSR count). The van der Waals surface area contributed by atoms with Crippen molar-refractivity contribution in [2.45, 2.75) is 27.2 Å². The Hall–Kier alpha value is -2.51. The molecule has 0 aliphatic carbocycles. The lowest BCUT2D eigenvalue weighted by atomic mass is 9.93. The Morgan fingerprint density at radius 1 is 1.25 bits per heavy atom. The normalized spacial score (nSPS) is 11.6. The van der Waals surface area contributed by atoms with E-state index in [0.29, 0.717) is 6.42 Å². The van der Waals surface area contributed by atoms with Crippen molar-refractivity contribution >= 4 is 23.3 Å². The topological polar surface area (TPSA) is 111 Å². The summed E-state index contributed by atoms with van der Waals surface area (Å²) in [5, 5.41) is 25.4. The molecule has 108 valence electrons. The summed E-state index contributed by atoms with van der Waals surface area (Å²) in [6.07, 6.45) is 2.31. The highest BCUT2D eigenvalue weighted by Crippen LogP contribution is 2.28. The molecule has 0 aliphatic heterocycles. The number of non-ortho nitro benzene ring substituents is 1. The predicted molar refractivity (Wildman–Crippen MR) is 75.9 cm³/mol. The number of nitro groups is 2. The maximum absolute atomic E-state index is 10.9. The highest BCUT2D eigenvalue weighted by molar-refractivity contribution is 5.67. The fourth-order valence-corrected chi connectivity index (χ4v) is 1.31. The van der Waals surface area contributed by atoms with Crippen LogP contribution < -0.4 is 5.43 Å². The van der Waals surface area contributed by atoms with Crippen LogP contribution in [0.4, 0.5) is 17.1 Å². The molecule has 0 aliphatic rings. The number of hydrazone groups is 1. The first-order valence-electron chi connectivity index (χ1n) is 5.91. The maximum atomic E-state index is 10.9. The fourth-order valence-electron chi connectivity index (χ4n) is 1.31. The van der Waals surface area contributed by atoms with Crippen LogP contribution in [0.25, 0.3) is 0 Å². The van der Waals surface area contributed by atoms with Gasteiger partial charge in [-0.25, -0.2) is 0 Å². The number of hydrogen-bond donors (Lipinski definition) is 1. The van der Waals surface area contributed by atoms with Gasteiger partial charge in [0.2, 0.25) is 0 Å². The average molecular weight is 280 g/mol. The largest absolute Gasteiger partial charge is 0.301 e. The molecule has 0 bridgehead atoms. The third-order valence-corrected chi connectivity index (χ3v) is 2.37. The Morgan fingerprint density at radius 2 is 1.90 bits per heavy atom. The number of nitro benzene ring substituents is 2. The minimum Gasteiger partial charge on any atom is -0.272 e. The summed E-state index contributed by atoms with van der Waals surface area (Å²) < 4.78 is 0. The zero-order valence-electron chi connectivity index (χ0n) is 11.5. The van der Waals surface area contributed by atoms with Crippen LogP contribution in [0.2, 0.25) is 0 Å². The molecule has 0 saturated heterocycles. The van der Waals surface area contributed by atoms with Gasteiger partial charge in [-0.15, -0.1) is 0 Å². The van der Waals surface area contributed by atoms with Crippen molar-refractivity contribution in [3.63, 3.8) is 0 Å². The zero-order chi connectivity index (χ0) is 15.3. The lowest BCUT2D eigenvalue weighted by molar-refractivity contribution is -0.393. The summed E-state index contributed by atoms with van der Waals surface area (Å²) in [4.78, 5) is 20.1. The zero-order valence-corrected chi connectivity index (χ0v) is 11.5. The smallest absolute Gasteiger partial charge is 0.272 e. The van der Waals surface area contributed by atoms with Crippen molar-refractivity contribution in [2.24, 2.45) is 10.5 Å². The highest BCUT2D eigenvalue weighted by Gasteiger charge is 2.19. The van der Waals surface area contributed by atoms with Gasteiger partial charge in [0.25, 0.3) is 5.69 Å². The van der Waals surface area contributed by atoms with Crippen molar-refractivity contribution in [3.8, 4) is 0 Å². The third-order valence-electron chi connectivity index (χ3n) is 2.37. The molecule has 0 saturated carbocycles. The molecule has 1 N–H and O–H groups in total. The minimum atomic E-state index is -0.686. The van der Waals surface area contributed by atoms with E-state index in [9.17, 15) is 20.2 Å². The molecule has 20 heavy (non-hydrogen) atoms. The van der Waals surface area contributed by atoms with Crippen molar-refractivity contribution in [3.05, 3.63) is 38.4 Å². The molecule has 0 heterocycles. The first-order chi connectivity index (χ1) is 9.20. The molecule has 0 radical (unpaired) electrons. The first kappa shape index (κ1) is 15.5. The number of anilines is 1. The van der Waals surface area contributed by atoms with Crippen molar-refractivity contribution in [2.75, 3.05) is 5.43 Å². The van der Waals surface area contributed by atoms with Gasteiger partial charge in [-0.05, 0) is 17.9 Å². The molecule has 0 amide bonds. The molecule has 0 spiro atoms. The van der Waals surface area contributed by atoms with Gasteiger partial charge in [0.1, 0.15) is 5.69 Å². The van der Waals surface area contributed by atoms with Crippen LogP contribution >= 0.6 is 0 Å². The van der Waals surface area contributed by atoms with E-state index in [0.717, 1.165) is 6.07 Å². The summed E-state index contributed by atoms with van der Waals surface area (Å²) in [7, 11) is 0. The van der Waals surface area contributed by atoms with Crippen LogP contribution in [0, 0.1) is 25.6 Å². The van der Waals surface area contributed by atoms with Gasteiger partial charge in [-0.2, -0.15) is 5.10 Å². The van der Waals surface area contributed by atoms with Gasteiger partial charge < -0.3 is 0 Å². The summed E-state index contributed by atoms with van der Waals surface area (Å²) in [5.74, 6) is 0. The number of rotatable bonds is 5. The lowest BCUT2D eigenvalue weighted by Crippen LogP contribution is -2.06. The van der Waals surface area contributed by atoms with Crippen LogP contribution in [-0.2, 0) is 0 Å². The predicted octanol–water partition coefficient (Wildman–Crippen LogP) is 3.34. The van der Waals surface area contributed by atoms with Gasteiger partial charge in [-0.1, -0.05) is 20.8 Å². The molecule has 8 nitrogen and oxygen atoms in total. The van der Waals surface area contributed by atoms with E-state index in [-0.39, 0.29) is 22.5 Å². The lowest BCUT2D eigenvalue weighted by Gasteiger charge is -2.13. The number of nitrogens with zero attached hydrogens (tertiary/aromatic N) is 3. The van der Waals surface area contributed by atoms with Gasteiger partial charge in [-0.3, -0.25) is 25.7 Å². The third kappa shape index (κ3) is 4.63. The Kier molecular flexibility index (Phi) is 4.73. The van der Waals surface area contributed by atoms with E-state index < -0.39 is 9.85 Å². The van der Waals surface area contributed by atoms with Crippen LogP contribution in [0.15, 0.2) is 23.3 Å². The quantitative estimate of drug-likeness (QED) is 0.505. The Morgan fingerprint density at radius 3 is 2.40 bits per heavy atom. The number of hydrogen-bond acceptors (Lipinski definition) is 6. The molecule has 8 heteroatoms. The molecule has 1 aromatic rings. The SMILES string of the molecule is CC(C)(C)C/C=N\Nc1ccc([N+](=O)[O-])cc1[N+](=O)[O-]. The van der Waals surface area contributed by atoms with Gasteiger partial charge in [0, 0.05) is 12.3 Å². The van der Waals surface area contributed by atoms with Crippen LogP contribution in [0.1, 0.15) is 27.2 Å². The fraction of sp³-hybridized carbons (Fsp3) is 0.417. The van der Waals surface area contributed by atoms with Crippen LogP contribution in [0.3, 0.4) is 0 Å². The number of nitrogens with one attached hydrogen (secondary N) is 1. The Balaban J connectivity index is 2.90. The minimum absolute atomic E-state index is 0.0621. The maximum Gasteiger partial charge on any atom is 0.301 e. The van der Waals surface area contributed by atoms with Crippen LogP contribution in [0.5, 0.6) is 0 Å². The van der Waals surface area contributed by atoms with Gasteiger partial charge >= 0.3 is 5.69 Å². The summed E-state index contributed by atoms with van der Waals surface area (Å²) in [6, 6.07) is 3.36. The molecule has 0 aromatic heterocycles. The Labute approximate surface area is 115 Å². The summed E-state index contributed by atoms with van der Waals surface area (Å²) in [6.45, 7) is 6.11. The average Bonchev–Trinajstić information content (AvgIpc) is 2.33. The van der Waals surface area contributed by atoms with Gasteiger partial charge in [0.05, 0.1) is 15.9 Å². The van der Waals surface area contributed by atoms with E-state index >= 15 is 0 Å². The summed E-state index contributed by atoms with van der Waals surface area (Å²) >= 11 is 0. The van der Waals surface area contributed by atoms with E-state index in [4.69, 9.17) is 0 Å².